The maximum absolute atomic E-state index is 12.8. The van der Waals surface area contributed by atoms with Gasteiger partial charge in [0.1, 0.15) is 0 Å². The van der Waals surface area contributed by atoms with Gasteiger partial charge in [-0.05, 0) is 0 Å². The maximum atomic E-state index is 12.8. The third-order valence-electron chi connectivity index (χ3n) is 1.46. The van der Waals surface area contributed by atoms with Gasteiger partial charge in [-0.3, -0.25) is 0 Å². The standard InChI is InChI=1S/C7H9F2NO/c1-2-6-7(8,9)5-10-3-4-11-6/h1,6,10H,3-5H2. The van der Waals surface area contributed by atoms with E-state index in [1.165, 1.54) is 0 Å². The summed E-state index contributed by atoms with van der Waals surface area (Å²) in [6.07, 6.45) is 3.49. The van der Waals surface area contributed by atoms with E-state index in [2.05, 4.69) is 5.32 Å². The van der Waals surface area contributed by atoms with Crippen molar-refractivity contribution in [2.45, 2.75) is 12.0 Å². The maximum Gasteiger partial charge on any atom is 0.296 e. The van der Waals surface area contributed by atoms with Crippen LogP contribution in [0.25, 0.3) is 0 Å². The van der Waals surface area contributed by atoms with Crippen LogP contribution >= 0.6 is 0 Å². The van der Waals surface area contributed by atoms with Crippen LogP contribution in [0.2, 0.25) is 0 Å². The highest BCUT2D eigenvalue weighted by molar-refractivity contribution is 5.04. The molecule has 1 saturated heterocycles. The van der Waals surface area contributed by atoms with E-state index in [-0.39, 0.29) is 6.61 Å². The van der Waals surface area contributed by atoms with Gasteiger partial charge in [0.25, 0.3) is 5.92 Å². The number of terminal acetylenes is 1. The molecular weight excluding hydrogens is 152 g/mol. The number of rotatable bonds is 0. The highest BCUT2D eigenvalue weighted by atomic mass is 19.3. The summed E-state index contributed by atoms with van der Waals surface area (Å²) in [4.78, 5) is 0. The number of alkyl halides is 2. The van der Waals surface area contributed by atoms with Crippen molar-refractivity contribution in [1.29, 1.82) is 0 Å². The number of halogens is 2. The SMILES string of the molecule is C#CC1OCCNCC1(F)F. The lowest BCUT2D eigenvalue weighted by molar-refractivity contribution is -0.0927. The molecule has 1 atom stereocenters. The molecular formula is C7H9F2NO. The molecule has 0 spiro atoms. The smallest absolute Gasteiger partial charge is 0.296 e. The van der Waals surface area contributed by atoms with Crippen molar-refractivity contribution in [3.8, 4) is 12.3 Å². The molecule has 1 aliphatic rings. The van der Waals surface area contributed by atoms with Crippen LogP contribution < -0.4 is 5.32 Å². The summed E-state index contributed by atoms with van der Waals surface area (Å²) in [6, 6.07) is 0. The van der Waals surface area contributed by atoms with Gasteiger partial charge in [0.15, 0.2) is 6.10 Å². The van der Waals surface area contributed by atoms with Crippen LogP contribution in [0.4, 0.5) is 8.78 Å². The largest absolute Gasteiger partial charge is 0.358 e. The molecule has 0 aliphatic carbocycles. The topological polar surface area (TPSA) is 21.3 Å². The summed E-state index contributed by atoms with van der Waals surface area (Å²) in [5.41, 5.74) is 0. The van der Waals surface area contributed by atoms with Crippen LogP contribution in [0.1, 0.15) is 0 Å². The molecule has 0 bridgehead atoms. The molecule has 0 aromatic heterocycles. The lowest BCUT2D eigenvalue weighted by Crippen LogP contribution is -2.40. The van der Waals surface area contributed by atoms with E-state index >= 15 is 0 Å². The fraction of sp³-hybridized carbons (Fsp3) is 0.714. The van der Waals surface area contributed by atoms with Crippen LogP contribution in [0, 0.1) is 12.3 Å². The van der Waals surface area contributed by atoms with Gasteiger partial charge in [-0.2, -0.15) is 0 Å². The summed E-state index contributed by atoms with van der Waals surface area (Å²) in [7, 11) is 0. The zero-order valence-corrected chi connectivity index (χ0v) is 5.94. The average Bonchev–Trinajstić information content (AvgIpc) is 2.10. The van der Waals surface area contributed by atoms with Crippen molar-refractivity contribution in [2.75, 3.05) is 19.7 Å². The molecule has 1 rings (SSSR count). The van der Waals surface area contributed by atoms with Gasteiger partial charge in [0.05, 0.1) is 13.2 Å². The molecule has 4 heteroatoms. The van der Waals surface area contributed by atoms with Crippen LogP contribution in [0.15, 0.2) is 0 Å². The minimum atomic E-state index is -2.94. The van der Waals surface area contributed by atoms with Crippen LogP contribution in [0.3, 0.4) is 0 Å². The Hall–Kier alpha value is -0.660. The average molecular weight is 161 g/mol. The molecule has 0 aromatic rings. The van der Waals surface area contributed by atoms with Gasteiger partial charge in [0, 0.05) is 6.54 Å². The molecule has 1 unspecified atom stereocenters. The summed E-state index contributed by atoms with van der Waals surface area (Å²) < 4.78 is 30.3. The number of hydrogen-bond donors (Lipinski definition) is 1. The first-order valence-electron chi connectivity index (χ1n) is 3.33. The van der Waals surface area contributed by atoms with Crippen LogP contribution in [-0.4, -0.2) is 31.7 Å². The first kappa shape index (κ1) is 8.44. The van der Waals surface area contributed by atoms with E-state index in [1.54, 1.807) is 0 Å². The highest BCUT2D eigenvalue weighted by Gasteiger charge is 2.40. The molecule has 1 heterocycles. The van der Waals surface area contributed by atoms with Crippen LogP contribution in [0.5, 0.6) is 0 Å². The summed E-state index contributed by atoms with van der Waals surface area (Å²) in [5, 5.41) is 2.53. The second-order valence-corrected chi connectivity index (χ2v) is 2.36. The zero-order valence-electron chi connectivity index (χ0n) is 5.94. The van der Waals surface area contributed by atoms with E-state index in [9.17, 15) is 8.78 Å². The second kappa shape index (κ2) is 3.16. The van der Waals surface area contributed by atoms with Gasteiger partial charge in [-0.25, -0.2) is 8.78 Å². The van der Waals surface area contributed by atoms with Gasteiger partial charge >= 0.3 is 0 Å². The van der Waals surface area contributed by atoms with Crippen molar-refractivity contribution in [1.82, 2.24) is 5.32 Å². The second-order valence-electron chi connectivity index (χ2n) is 2.36. The van der Waals surface area contributed by atoms with E-state index < -0.39 is 18.6 Å². The fourth-order valence-electron chi connectivity index (χ4n) is 0.889. The monoisotopic (exact) mass is 161 g/mol. The summed E-state index contributed by atoms with van der Waals surface area (Å²) in [6.45, 7) is 0.264. The zero-order chi connectivity index (χ0) is 8.32. The number of nitrogens with one attached hydrogen (secondary N) is 1. The van der Waals surface area contributed by atoms with E-state index in [1.807, 2.05) is 5.92 Å². The molecule has 62 valence electrons. The minimum absolute atomic E-state index is 0.241. The number of ether oxygens (including phenoxy) is 1. The fourth-order valence-corrected chi connectivity index (χ4v) is 0.889. The predicted molar refractivity (Wildman–Crippen MR) is 36.4 cm³/mol. The van der Waals surface area contributed by atoms with E-state index in [0.717, 1.165) is 0 Å². The molecule has 0 saturated carbocycles. The predicted octanol–water partition coefficient (Wildman–Crippen LogP) is 0.243. The Morgan fingerprint density at radius 2 is 2.36 bits per heavy atom. The Morgan fingerprint density at radius 3 is 3.00 bits per heavy atom. The summed E-state index contributed by atoms with van der Waals surface area (Å²) in [5.74, 6) is -1.02. The lowest BCUT2D eigenvalue weighted by Gasteiger charge is -2.18. The molecule has 0 amide bonds. The normalized spacial score (nSPS) is 30.5. The van der Waals surface area contributed by atoms with Crippen molar-refractivity contribution >= 4 is 0 Å². The van der Waals surface area contributed by atoms with Crippen molar-refractivity contribution < 1.29 is 13.5 Å². The van der Waals surface area contributed by atoms with Gasteiger partial charge in [-0.1, -0.05) is 5.92 Å². The third-order valence-corrected chi connectivity index (χ3v) is 1.46. The first-order chi connectivity index (χ1) is 5.17. The minimum Gasteiger partial charge on any atom is -0.358 e. The van der Waals surface area contributed by atoms with Crippen molar-refractivity contribution in [3.63, 3.8) is 0 Å². The van der Waals surface area contributed by atoms with Gasteiger partial charge < -0.3 is 10.1 Å². The molecule has 1 fully saturated rings. The number of hydrogen-bond acceptors (Lipinski definition) is 2. The van der Waals surface area contributed by atoms with Crippen LogP contribution in [-0.2, 0) is 4.74 Å². The van der Waals surface area contributed by atoms with Crippen molar-refractivity contribution in [3.05, 3.63) is 0 Å². The first-order valence-corrected chi connectivity index (χ1v) is 3.33. The van der Waals surface area contributed by atoms with Crippen molar-refractivity contribution in [2.24, 2.45) is 0 Å². The van der Waals surface area contributed by atoms with Gasteiger partial charge in [0.2, 0.25) is 0 Å². The highest BCUT2D eigenvalue weighted by Crippen LogP contribution is 2.21. The Kier molecular flexibility index (Phi) is 2.42. The quantitative estimate of drug-likeness (QED) is 0.514. The molecule has 1 N–H and O–H groups in total. The molecule has 0 aromatic carbocycles. The molecule has 11 heavy (non-hydrogen) atoms. The van der Waals surface area contributed by atoms with Gasteiger partial charge in [-0.15, -0.1) is 6.42 Å². The Bertz CT molecular complexity index is 176. The Morgan fingerprint density at radius 1 is 1.64 bits per heavy atom. The van der Waals surface area contributed by atoms with E-state index in [4.69, 9.17) is 11.2 Å². The summed E-state index contributed by atoms with van der Waals surface area (Å²) >= 11 is 0. The molecule has 1 aliphatic heterocycles. The molecule has 2 nitrogen and oxygen atoms in total. The Balaban J connectivity index is 2.65. The van der Waals surface area contributed by atoms with E-state index in [0.29, 0.717) is 6.54 Å². The third kappa shape index (κ3) is 1.88. The molecule has 0 radical (unpaired) electrons. The Labute approximate surface area is 63.9 Å². The lowest BCUT2D eigenvalue weighted by atomic mass is 10.2.